The van der Waals surface area contributed by atoms with E-state index in [1.807, 2.05) is 20.8 Å². The number of hydrogen-bond donors (Lipinski definition) is 0. The van der Waals surface area contributed by atoms with Crippen molar-refractivity contribution in [3.8, 4) is 22.6 Å². The van der Waals surface area contributed by atoms with Crippen molar-refractivity contribution >= 4 is 18.7 Å². The fraction of sp³-hybridized carbons (Fsp3) is 0.627. The van der Waals surface area contributed by atoms with E-state index in [4.69, 9.17) is 23.5 Å². The van der Waals surface area contributed by atoms with Gasteiger partial charge >= 0.3 is 13.2 Å². The van der Waals surface area contributed by atoms with Crippen LogP contribution in [-0.4, -0.2) is 47.1 Å². The van der Waals surface area contributed by atoms with E-state index >= 15 is 0 Å². The summed E-state index contributed by atoms with van der Waals surface area (Å²) in [6.45, 7) is 29.3. The van der Waals surface area contributed by atoms with Crippen molar-refractivity contribution in [3.05, 3.63) is 77.9 Å². The number of carbonyl (C=O) groups excluding carboxylic acids is 1. The molecule has 3 fully saturated rings. The van der Waals surface area contributed by atoms with Gasteiger partial charge in [0.2, 0.25) is 0 Å². The molecule has 2 saturated carbocycles. The molecule has 322 valence electrons. The molecule has 7 rings (SSSR count). The molecule has 0 N–H and O–H groups in total. The molecule has 2 aliphatic carbocycles. The van der Waals surface area contributed by atoms with E-state index in [0.29, 0.717) is 36.1 Å². The highest BCUT2D eigenvalue weighted by atomic mass is 16.7. The second-order valence-corrected chi connectivity index (χ2v) is 21.9. The first-order valence-corrected chi connectivity index (χ1v) is 22.4. The van der Waals surface area contributed by atoms with Gasteiger partial charge < -0.3 is 23.5 Å². The van der Waals surface area contributed by atoms with Crippen LogP contribution >= 0.6 is 0 Å². The predicted molar refractivity (Wildman–Crippen MR) is 241 cm³/mol. The highest BCUT2D eigenvalue weighted by molar-refractivity contribution is 6.62. The predicted octanol–water partition coefficient (Wildman–Crippen LogP) is 12.6. The lowest BCUT2D eigenvalue weighted by atomic mass is 9.72. The smallest absolute Gasteiger partial charge is 0.490 e. The van der Waals surface area contributed by atoms with Crippen molar-refractivity contribution in [1.82, 2.24) is 4.90 Å². The molecule has 2 heterocycles. The summed E-state index contributed by atoms with van der Waals surface area (Å²) in [6, 6.07) is 23.2. The van der Waals surface area contributed by atoms with Crippen LogP contribution in [0.15, 0.2) is 66.7 Å². The van der Waals surface area contributed by atoms with Gasteiger partial charge in [0.15, 0.2) is 0 Å². The number of ether oxygens (including phenoxy) is 3. The summed E-state index contributed by atoms with van der Waals surface area (Å²) >= 11 is 0. The third-order valence-electron chi connectivity index (χ3n) is 13.6. The molecule has 7 nitrogen and oxygen atoms in total. The molecule has 2 aliphatic heterocycles. The van der Waals surface area contributed by atoms with E-state index in [-0.39, 0.29) is 24.4 Å². The quantitative estimate of drug-likeness (QED) is 0.231. The average Bonchev–Trinajstić information content (AvgIpc) is 3.68. The third-order valence-corrected chi connectivity index (χ3v) is 13.6. The van der Waals surface area contributed by atoms with Gasteiger partial charge in [-0.25, -0.2) is 4.79 Å². The minimum absolute atomic E-state index is 0.252. The minimum atomic E-state index is -0.479. The Morgan fingerprint density at radius 2 is 1.02 bits per heavy atom. The Kier molecular flexibility index (Phi) is 13.3. The summed E-state index contributed by atoms with van der Waals surface area (Å²) in [7, 11) is -0.309. The lowest BCUT2D eigenvalue weighted by molar-refractivity contribution is 0.00578. The number of rotatable bonds is 6. The molecule has 3 aromatic rings. The number of benzene rings is 3. The van der Waals surface area contributed by atoms with Crippen LogP contribution in [0.1, 0.15) is 153 Å². The van der Waals surface area contributed by atoms with Gasteiger partial charge in [-0.15, -0.1) is 0 Å². The molecule has 0 aromatic heterocycles. The number of hydrogen-bond acceptors (Lipinski definition) is 6. The zero-order valence-corrected chi connectivity index (χ0v) is 38.7. The van der Waals surface area contributed by atoms with E-state index in [1.54, 1.807) is 4.90 Å². The Balaban J connectivity index is 0.000000204. The molecular formula is C51H74BNO6. The van der Waals surface area contributed by atoms with E-state index in [0.717, 1.165) is 65.6 Å². The summed E-state index contributed by atoms with van der Waals surface area (Å²) < 4.78 is 30.3. The maximum Gasteiger partial charge on any atom is 0.494 e. The summed E-state index contributed by atoms with van der Waals surface area (Å²) in [4.78, 5) is 14.2. The van der Waals surface area contributed by atoms with Gasteiger partial charge in [0, 0.05) is 13.1 Å². The Hall–Kier alpha value is -3.49. The molecule has 0 radical (unpaired) electrons. The second kappa shape index (κ2) is 17.5. The largest absolute Gasteiger partial charge is 0.494 e. The van der Waals surface area contributed by atoms with Crippen LogP contribution in [-0.2, 0) is 27.1 Å². The maximum absolute atomic E-state index is 12.4. The molecule has 3 aromatic carbocycles. The minimum Gasteiger partial charge on any atom is -0.490 e. The van der Waals surface area contributed by atoms with Crippen molar-refractivity contribution in [3.63, 3.8) is 0 Å². The fourth-order valence-corrected chi connectivity index (χ4v) is 8.92. The van der Waals surface area contributed by atoms with Gasteiger partial charge in [-0.1, -0.05) is 77.9 Å². The summed E-state index contributed by atoms with van der Waals surface area (Å²) in [5.41, 5.74) is 5.47. The van der Waals surface area contributed by atoms with Gasteiger partial charge in [-0.2, -0.15) is 0 Å². The molecule has 4 aliphatic rings. The van der Waals surface area contributed by atoms with Crippen LogP contribution in [0.2, 0.25) is 0 Å². The summed E-state index contributed by atoms with van der Waals surface area (Å²) in [5.74, 6) is 3.51. The Labute approximate surface area is 357 Å². The zero-order chi connectivity index (χ0) is 43.0. The topological polar surface area (TPSA) is 66.5 Å². The molecular weight excluding hydrogens is 733 g/mol. The Bertz CT molecular complexity index is 1830. The Morgan fingerprint density at radius 1 is 0.593 bits per heavy atom. The van der Waals surface area contributed by atoms with Gasteiger partial charge in [0.1, 0.15) is 17.1 Å². The van der Waals surface area contributed by atoms with E-state index in [1.165, 1.54) is 36.8 Å². The fourth-order valence-electron chi connectivity index (χ4n) is 8.92. The first kappa shape index (κ1) is 45.1. The summed E-state index contributed by atoms with van der Waals surface area (Å²) in [6.07, 6.45) is 10.0. The molecule has 0 atom stereocenters. The van der Waals surface area contributed by atoms with Crippen LogP contribution in [0, 0.1) is 22.7 Å². The monoisotopic (exact) mass is 808 g/mol. The number of carbonyl (C=O) groups is 1. The molecule has 8 heteroatoms. The molecule has 59 heavy (non-hydrogen) atoms. The standard InChI is InChI=1S/C29H39NO3.C22H35BO3/c1-28(2,3)24-11-15-26(16-12-24)32-25-13-9-20(10-14-25)21-7-8-22-18-30(19-23(22)17-21)27(31)33-29(4,5)6;1-20(2,3)16-8-12-18(13-9-16)24-19-14-10-17(11-15-19)23-25-21(4,5)22(6,7)26-23/h7-10,13-14,17,24,26H,11-12,15-16,18-19H2,1-6H3;10-11,14-16,18H,8-9,12-13H2,1-7H3. The highest BCUT2D eigenvalue weighted by Crippen LogP contribution is 2.41. The van der Waals surface area contributed by atoms with E-state index < -0.39 is 5.60 Å². The van der Waals surface area contributed by atoms with Crippen molar-refractivity contribution in [1.29, 1.82) is 0 Å². The first-order chi connectivity index (χ1) is 27.5. The molecule has 1 saturated heterocycles. The third kappa shape index (κ3) is 11.7. The molecule has 0 unspecified atom stereocenters. The number of amides is 1. The van der Waals surface area contributed by atoms with Gasteiger partial charge in [0.05, 0.1) is 23.4 Å². The van der Waals surface area contributed by atoms with Gasteiger partial charge in [-0.3, -0.25) is 4.90 Å². The molecule has 1 amide bonds. The normalized spacial score (nSPS) is 24.2. The second-order valence-electron chi connectivity index (χ2n) is 21.9. The SMILES string of the molecule is CC(C)(C)C1CCC(Oc2ccc(B3OC(C)(C)C(C)(C)O3)cc2)CC1.CC(C)(C)OC(=O)N1Cc2ccc(-c3ccc(OC4CCC(C(C)(C)C)CC4)cc3)cc2C1. The van der Waals surface area contributed by atoms with Crippen molar-refractivity contribution in [2.45, 2.75) is 183 Å². The number of nitrogens with zero attached hydrogens (tertiary/aromatic N) is 1. The molecule has 0 spiro atoms. The van der Waals surface area contributed by atoms with Gasteiger partial charge in [0.25, 0.3) is 0 Å². The Morgan fingerprint density at radius 3 is 1.46 bits per heavy atom. The van der Waals surface area contributed by atoms with Crippen LogP contribution < -0.4 is 14.9 Å². The zero-order valence-electron chi connectivity index (χ0n) is 38.7. The van der Waals surface area contributed by atoms with Crippen LogP contribution in [0.5, 0.6) is 11.5 Å². The maximum atomic E-state index is 12.4. The van der Waals surface area contributed by atoms with Crippen molar-refractivity contribution in [2.24, 2.45) is 22.7 Å². The van der Waals surface area contributed by atoms with Crippen molar-refractivity contribution < 1.29 is 28.3 Å². The first-order valence-electron chi connectivity index (χ1n) is 22.4. The number of fused-ring (bicyclic) bond motifs is 1. The lowest BCUT2D eigenvalue weighted by Crippen LogP contribution is -2.41. The van der Waals surface area contributed by atoms with E-state index in [9.17, 15) is 4.79 Å². The van der Waals surface area contributed by atoms with Crippen LogP contribution in [0.4, 0.5) is 4.79 Å². The van der Waals surface area contributed by atoms with Crippen LogP contribution in [0.3, 0.4) is 0 Å². The van der Waals surface area contributed by atoms with E-state index in [2.05, 4.69) is 136 Å². The van der Waals surface area contributed by atoms with Crippen LogP contribution in [0.25, 0.3) is 11.1 Å². The lowest BCUT2D eigenvalue weighted by Gasteiger charge is -2.37. The van der Waals surface area contributed by atoms with Gasteiger partial charge in [-0.05, 0) is 181 Å². The molecule has 0 bridgehead atoms. The van der Waals surface area contributed by atoms with Crippen molar-refractivity contribution in [2.75, 3.05) is 0 Å². The summed E-state index contributed by atoms with van der Waals surface area (Å²) in [5, 5.41) is 0. The highest BCUT2D eigenvalue weighted by Gasteiger charge is 2.51. The average molecular weight is 808 g/mol.